The lowest BCUT2D eigenvalue weighted by atomic mass is 9.86. The summed E-state index contributed by atoms with van der Waals surface area (Å²) in [6, 6.07) is 12.7. The summed E-state index contributed by atoms with van der Waals surface area (Å²) in [5.41, 5.74) is 3.15. The molecule has 0 aliphatic carbocycles. The van der Waals surface area contributed by atoms with Crippen LogP contribution in [0.1, 0.15) is 47.8 Å². The van der Waals surface area contributed by atoms with Crippen LogP contribution in [0.15, 0.2) is 42.5 Å². The van der Waals surface area contributed by atoms with Gasteiger partial charge in [-0.2, -0.15) is 0 Å². The summed E-state index contributed by atoms with van der Waals surface area (Å²) < 4.78 is 0. The Balaban J connectivity index is 2.37. The highest BCUT2D eigenvalue weighted by molar-refractivity contribution is 6.10. The van der Waals surface area contributed by atoms with Crippen molar-refractivity contribution >= 4 is 5.78 Å². The van der Waals surface area contributed by atoms with Gasteiger partial charge in [-0.3, -0.25) is 4.79 Å². The van der Waals surface area contributed by atoms with E-state index in [-0.39, 0.29) is 16.9 Å². The molecule has 0 saturated heterocycles. The van der Waals surface area contributed by atoms with Crippen LogP contribution in [0.2, 0.25) is 0 Å². The van der Waals surface area contributed by atoms with Crippen molar-refractivity contribution in [3.8, 4) is 5.75 Å². The quantitative estimate of drug-likeness (QED) is 0.828. The van der Waals surface area contributed by atoms with E-state index in [0.29, 0.717) is 11.1 Å². The molecule has 2 heteroatoms. The second-order valence-electron chi connectivity index (χ2n) is 6.18. The Bertz CT molecular complexity index is 631. The predicted molar refractivity (Wildman–Crippen MR) is 81.4 cm³/mol. The van der Waals surface area contributed by atoms with E-state index in [2.05, 4.69) is 20.8 Å². The van der Waals surface area contributed by atoms with E-state index in [4.69, 9.17) is 0 Å². The molecular weight excluding hydrogens is 248 g/mol. The minimum atomic E-state index is -0.147. The minimum Gasteiger partial charge on any atom is -0.507 e. The molecule has 0 amide bonds. The van der Waals surface area contributed by atoms with Gasteiger partial charge in [0, 0.05) is 5.56 Å². The number of benzene rings is 2. The van der Waals surface area contributed by atoms with Gasteiger partial charge in [0.25, 0.3) is 0 Å². The molecule has 0 aliphatic heterocycles. The van der Waals surface area contributed by atoms with Gasteiger partial charge >= 0.3 is 0 Å². The molecular formula is C18H20O2. The number of rotatable bonds is 2. The van der Waals surface area contributed by atoms with E-state index in [0.717, 1.165) is 5.56 Å². The molecule has 1 N–H and O–H groups in total. The van der Waals surface area contributed by atoms with Crippen LogP contribution in [0, 0.1) is 6.92 Å². The van der Waals surface area contributed by atoms with Crippen LogP contribution >= 0.6 is 0 Å². The van der Waals surface area contributed by atoms with Gasteiger partial charge in [-0.05, 0) is 30.0 Å². The highest BCUT2D eigenvalue weighted by atomic mass is 16.3. The summed E-state index contributed by atoms with van der Waals surface area (Å²) >= 11 is 0. The average molecular weight is 268 g/mol. The standard InChI is InChI=1S/C18H20O2/c1-12-5-10-16(19)15(11-12)17(20)13-6-8-14(9-7-13)18(2,3)4/h5-11,19H,1-4H3. The summed E-state index contributed by atoms with van der Waals surface area (Å²) in [4.78, 5) is 12.4. The average Bonchev–Trinajstić information content (AvgIpc) is 2.40. The van der Waals surface area contributed by atoms with Gasteiger partial charge in [-0.15, -0.1) is 0 Å². The fourth-order valence-corrected chi connectivity index (χ4v) is 2.11. The largest absolute Gasteiger partial charge is 0.507 e. The zero-order valence-electron chi connectivity index (χ0n) is 12.4. The SMILES string of the molecule is Cc1ccc(O)c(C(=O)c2ccc(C(C)(C)C)cc2)c1. The topological polar surface area (TPSA) is 37.3 Å². The van der Waals surface area contributed by atoms with E-state index in [9.17, 15) is 9.90 Å². The van der Waals surface area contributed by atoms with Crippen molar-refractivity contribution in [2.45, 2.75) is 33.1 Å². The Morgan fingerprint density at radius 3 is 2.15 bits per heavy atom. The van der Waals surface area contributed by atoms with Crippen molar-refractivity contribution in [2.24, 2.45) is 0 Å². The van der Waals surface area contributed by atoms with Gasteiger partial charge in [0.1, 0.15) is 5.75 Å². The van der Waals surface area contributed by atoms with Crippen molar-refractivity contribution in [1.82, 2.24) is 0 Å². The van der Waals surface area contributed by atoms with Crippen molar-refractivity contribution in [1.29, 1.82) is 0 Å². The van der Waals surface area contributed by atoms with Gasteiger partial charge < -0.3 is 5.11 Å². The molecule has 0 saturated carbocycles. The summed E-state index contributed by atoms with van der Waals surface area (Å²) in [5, 5.41) is 9.83. The first-order valence-electron chi connectivity index (χ1n) is 6.74. The summed E-state index contributed by atoms with van der Waals surface area (Å²) in [7, 11) is 0. The number of phenols is 1. The Kier molecular flexibility index (Phi) is 3.67. The first kappa shape index (κ1) is 14.3. The van der Waals surface area contributed by atoms with Crippen molar-refractivity contribution in [2.75, 3.05) is 0 Å². The normalized spacial score (nSPS) is 11.4. The molecule has 0 bridgehead atoms. The second-order valence-corrected chi connectivity index (χ2v) is 6.18. The number of phenolic OH excluding ortho intramolecular Hbond substituents is 1. The number of carbonyl (C=O) groups excluding carboxylic acids is 1. The fraction of sp³-hybridized carbons (Fsp3) is 0.278. The van der Waals surface area contributed by atoms with Gasteiger partial charge in [-0.1, -0.05) is 56.7 Å². The third-order valence-corrected chi connectivity index (χ3v) is 3.41. The molecule has 0 aliphatic rings. The Labute approximate surface area is 120 Å². The van der Waals surface area contributed by atoms with Crippen LogP contribution in [-0.4, -0.2) is 10.9 Å². The van der Waals surface area contributed by atoms with Crippen LogP contribution in [0.3, 0.4) is 0 Å². The summed E-state index contributed by atoms with van der Waals surface area (Å²) in [6.07, 6.45) is 0. The number of aryl methyl sites for hydroxylation is 1. The van der Waals surface area contributed by atoms with Crippen molar-refractivity contribution in [3.05, 3.63) is 64.7 Å². The van der Waals surface area contributed by atoms with E-state index in [1.807, 2.05) is 31.2 Å². The molecule has 0 radical (unpaired) electrons. The van der Waals surface area contributed by atoms with Crippen molar-refractivity contribution < 1.29 is 9.90 Å². The lowest BCUT2D eigenvalue weighted by Crippen LogP contribution is -2.11. The van der Waals surface area contributed by atoms with E-state index in [1.165, 1.54) is 5.56 Å². The lowest BCUT2D eigenvalue weighted by molar-refractivity contribution is 0.103. The fourth-order valence-electron chi connectivity index (χ4n) is 2.11. The maximum Gasteiger partial charge on any atom is 0.196 e. The van der Waals surface area contributed by atoms with Gasteiger partial charge in [-0.25, -0.2) is 0 Å². The van der Waals surface area contributed by atoms with Crippen molar-refractivity contribution in [3.63, 3.8) is 0 Å². The van der Waals surface area contributed by atoms with Gasteiger partial charge in [0.15, 0.2) is 5.78 Å². The highest BCUT2D eigenvalue weighted by Gasteiger charge is 2.16. The highest BCUT2D eigenvalue weighted by Crippen LogP contribution is 2.25. The first-order valence-corrected chi connectivity index (χ1v) is 6.74. The van der Waals surface area contributed by atoms with E-state index >= 15 is 0 Å². The molecule has 2 nitrogen and oxygen atoms in total. The number of hydrogen-bond donors (Lipinski definition) is 1. The molecule has 0 atom stereocenters. The maximum atomic E-state index is 12.4. The number of aromatic hydroxyl groups is 1. The lowest BCUT2D eigenvalue weighted by Gasteiger charge is -2.19. The van der Waals surface area contributed by atoms with Crippen LogP contribution in [-0.2, 0) is 5.41 Å². The molecule has 2 rings (SSSR count). The van der Waals surface area contributed by atoms with Crippen LogP contribution in [0.25, 0.3) is 0 Å². The molecule has 0 aromatic heterocycles. The molecule has 0 heterocycles. The molecule has 104 valence electrons. The summed E-state index contributed by atoms with van der Waals surface area (Å²) in [5.74, 6) is -0.118. The number of hydrogen-bond acceptors (Lipinski definition) is 2. The molecule has 0 fully saturated rings. The zero-order valence-corrected chi connectivity index (χ0v) is 12.4. The van der Waals surface area contributed by atoms with Crippen LogP contribution < -0.4 is 0 Å². The maximum absolute atomic E-state index is 12.4. The zero-order chi connectivity index (χ0) is 14.9. The molecule has 2 aromatic rings. The molecule has 20 heavy (non-hydrogen) atoms. The van der Waals surface area contributed by atoms with Crippen LogP contribution in [0.4, 0.5) is 0 Å². The second kappa shape index (κ2) is 5.12. The third kappa shape index (κ3) is 2.90. The Hall–Kier alpha value is -2.09. The molecule has 0 spiro atoms. The Morgan fingerprint density at radius 1 is 1.00 bits per heavy atom. The van der Waals surface area contributed by atoms with Crippen LogP contribution in [0.5, 0.6) is 5.75 Å². The Morgan fingerprint density at radius 2 is 1.60 bits per heavy atom. The van der Waals surface area contributed by atoms with E-state index in [1.54, 1.807) is 18.2 Å². The minimum absolute atomic E-state index is 0.0282. The summed E-state index contributed by atoms with van der Waals surface area (Å²) in [6.45, 7) is 8.31. The monoisotopic (exact) mass is 268 g/mol. The number of carbonyl (C=O) groups is 1. The smallest absolute Gasteiger partial charge is 0.196 e. The molecule has 0 unspecified atom stereocenters. The number of ketones is 1. The first-order chi connectivity index (χ1) is 9.29. The third-order valence-electron chi connectivity index (χ3n) is 3.41. The van der Waals surface area contributed by atoms with E-state index < -0.39 is 0 Å². The van der Waals surface area contributed by atoms with Gasteiger partial charge in [0.05, 0.1) is 5.56 Å². The van der Waals surface area contributed by atoms with Gasteiger partial charge in [0.2, 0.25) is 0 Å². The predicted octanol–water partition coefficient (Wildman–Crippen LogP) is 4.23. The molecule has 2 aromatic carbocycles.